The maximum absolute atomic E-state index is 11.9. The first-order chi connectivity index (χ1) is 11.0. The average molecular weight is 473 g/mol. The fourth-order valence-electron chi connectivity index (χ4n) is 3.11. The van der Waals surface area contributed by atoms with Crippen LogP contribution in [0.5, 0.6) is 0 Å². The molecule has 1 saturated heterocycles. The van der Waals surface area contributed by atoms with Crippen molar-refractivity contribution in [2.45, 2.75) is 45.1 Å². The Kier molecular flexibility index (Phi) is 9.83. The van der Waals surface area contributed by atoms with Gasteiger partial charge in [0.2, 0.25) is 10.0 Å². The van der Waals surface area contributed by atoms with Gasteiger partial charge in [0.05, 0.1) is 12.3 Å². The molecule has 4 N–H and O–H groups in total. The highest BCUT2D eigenvalue weighted by atomic mass is 127. The highest BCUT2D eigenvalue weighted by Gasteiger charge is 2.22. The van der Waals surface area contributed by atoms with Gasteiger partial charge in [-0.2, -0.15) is 0 Å². The van der Waals surface area contributed by atoms with Gasteiger partial charge in [0.15, 0.2) is 5.96 Å². The van der Waals surface area contributed by atoms with E-state index in [4.69, 9.17) is 5.73 Å². The molecule has 0 aromatic rings. The van der Waals surface area contributed by atoms with Crippen molar-refractivity contribution in [3.8, 4) is 0 Å². The summed E-state index contributed by atoms with van der Waals surface area (Å²) in [7, 11) is -3.22. The monoisotopic (exact) mass is 473 g/mol. The lowest BCUT2D eigenvalue weighted by Crippen LogP contribution is -2.40. The van der Waals surface area contributed by atoms with E-state index in [1.165, 1.54) is 12.8 Å². The third kappa shape index (κ3) is 7.40. The number of nitrogens with zero attached hydrogens (tertiary/aromatic N) is 2. The van der Waals surface area contributed by atoms with E-state index in [1.54, 1.807) is 0 Å². The van der Waals surface area contributed by atoms with Crippen LogP contribution in [0.2, 0.25) is 0 Å². The zero-order chi connectivity index (χ0) is 16.7. The van der Waals surface area contributed by atoms with Gasteiger partial charge in [-0.3, -0.25) is 9.89 Å². The molecule has 1 heterocycles. The van der Waals surface area contributed by atoms with E-state index in [0.717, 1.165) is 32.4 Å². The molecule has 0 aromatic carbocycles. The van der Waals surface area contributed by atoms with E-state index in [9.17, 15) is 8.42 Å². The van der Waals surface area contributed by atoms with Crippen molar-refractivity contribution >= 4 is 40.0 Å². The topological polar surface area (TPSA) is 99.8 Å². The van der Waals surface area contributed by atoms with Crippen LogP contribution in [0.4, 0.5) is 0 Å². The first kappa shape index (κ1) is 21.9. The highest BCUT2D eigenvalue weighted by molar-refractivity contribution is 14.0. The molecule has 0 bridgehead atoms. The maximum atomic E-state index is 11.9. The fraction of sp³-hybridized carbons (Fsp3) is 0.933. The number of halogens is 1. The van der Waals surface area contributed by atoms with Crippen molar-refractivity contribution < 1.29 is 8.42 Å². The van der Waals surface area contributed by atoms with Crippen LogP contribution in [0.1, 0.15) is 39.0 Å². The van der Waals surface area contributed by atoms with Crippen molar-refractivity contribution in [2.75, 3.05) is 38.5 Å². The second-order valence-electron chi connectivity index (χ2n) is 6.54. The number of guanidine groups is 1. The Morgan fingerprint density at radius 1 is 1.29 bits per heavy atom. The number of nitrogens with two attached hydrogens (primary N) is 1. The molecule has 1 unspecified atom stereocenters. The number of likely N-dealkylation sites (N-methyl/N-ethyl adjacent to an activating group) is 1. The van der Waals surface area contributed by atoms with Crippen LogP contribution in [0.25, 0.3) is 0 Å². The van der Waals surface area contributed by atoms with Crippen molar-refractivity contribution in [3.05, 3.63) is 0 Å². The first-order valence-corrected chi connectivity index (χ1v) is 10.4. The molecule has 142 valence electrons. The summed E-state index contributed by atoms with van der Waals surface area (Å²) in [6.45, 7) is 5.87. The molecule has 1 aliphatic carbocycles. The van der Waals surface area contributed by atoms with Gasteiger partial charge in [0.1, 0.15) is 0 Å². The summed E-state index contributed by atoms with van der Waals surface area (Å²) in [4.78, 5) is 6.76. The van der Waals surface area contributed by atoms with E-state index in [1.807, 2.05) is 0 Å². The third-order valence-electron chi connectivity index (χ3n) is 4.87. The summed E-state index contributed by atoms with van der Waals surface area (Å²) in [6, 6.07) is 0.466. The van der Waals surface area contributed by atoms with Crippen molar-refractivity contribution in [3.63, 3.8) is 0 Å². The van der Waals surface area contributed by atoms with E-state index >= 15 is 0 Å². The summed E-state index contributed by atoms with van der Waals surface area (Å²) in [5, 5.41) is 2.90. The molecule has 0 spiro atoms. The Bertz CT molecular complexity index is 496. The zero-order valence-electron chi connectivity index (χ0n) is 14.5. The van der Waals surface area contributed by atoms with Crippen molar-refractivity contribution in [1.29, 1.82) is 0 Å². The first-order valence-electron chi connectivity index (χ1n) is 8.75. The SMILES string of the molecule is CCN1CCCC1CN=C(N)NCCS(=O)(=O)NCC1CCC1.I. The number of likely N-dealkylation sites (tertiary alicyclic amines) is 1. The average Bonchev–Trinajstić information content (AvgIpc) is 2.90. The van der Waals surface area contributed by atoms with Gasteiger partial charge in [0.25, 0.3) is 0 Å². The molecule has 24 heavy (non-hydrogen) atoms. The predicted octanol–water partition coefficient (Wildman–Crippen LogP) is 0.713. The standard InChI is InChI=1S/C15H31N5O2S.HI/c1-2-20-9-4-7-14(20)12-18-15(16)17-8-10-23(21,22)19-11-13-5-3-6-13;/h13-14,19H,2-12H2,1H3,(H3,16,17,18);1H. The van der Waals surface area contributed by atoms with Crippen LogP contribution in [0, 0.1) is 5.92 Å². The maximum Gasteiger partial charge on any atom is 0.213 e. The minimum atomic E-state index is -3.22. The van der Waals surface area contributed by atoms with E-state index in [2.05, 4.69) is 26.9 Å². The van der Waals surface area contributed by atoms with Crippen LogP contribution in [-0.4, -0.2) is 63.8 Å². The van der Waals surface area contributed by atoms with Gasteiger partial charge in [0, 0.05) is 19.1 Å². The van der Waals surface area contributed by atoms with Crippen molar-refractivity contribution in [1.82, 2.24) is 14.9 Å². The lowest BCUT2D eigenvalue weighted by molar-refractivity contribution is 0.273. The van der Waals surface area contributed by atoms with Crippen LogP contribution in [0.15, 0.2) is 4.99 Å². The van der Waals surface area contributed by atoms with Gasteiger partial charge in [-0.05, 0) is 44.7 Å². The highest BCUT2D eigenvalue weighted by Crippen LogP contribution is 2.25. The summed E-state index contributed by atoms with van der Waals surface area (Å²) in [5.74, 6) is 0.889. The van der Waals surface area contributed by atoms with Gasteiger partial charge < -0.3 is 11.1 Å². The number of hydrogen-bond donors (Lipinski definition) is 3. The molecule has 0 radical (unpaired) electrons. The summed E-state index contributed by atoms with van der Waals surface area (Å²) in [5.41, 5.74) is 5.83. The summed E-state index contributed by atoms with van der Waals surface area (Å²) >= 11 is 0. The fourth-order valence-corrected chi connectivity index (χ4v) is 4.11. The molecule has 9 heteroatoms. The normalized spacial score (nSPS) is 22.9. The van der Waals surface area contributed by atoms with Gasteiger partial charge in [-0.1, -0.05) is 13.3 Å². The second-order valence-corrected chi connectivity index (χ2v) is 8.47. The van der Waals surface area contributed by atoms with Crippen LogP contribution < -0.4 is 15.8 Å². The third-order valence-corrected chi connectivity index (χ3v) is 6.22. The largest absolute Gasteiger partial charge is 0.370 e. The number of rotatable bonds is 9. The molecule has 2 fully saturated rings. The minimum absolute atomic E-state index is 0. The number of aliphatic imine (C=N–C) groups is 1. The van der Waals surface area contributed by atoms with Crippen molar-refractivity contribution in [2.24, 2.45) is 16.6 Å². The molecule has 2 rings (SSSR count). The van der Waals surface area contributed by atoms with Crippen LogP contribution >= 0.6 is 24.0 Å². The summed E-state index contributed by atoms with van der Waals surface area (Å²) in [6.07, 6.45) is 5.86. The number of hydrogen-bond acceptors (Lipinski definition) is 4. The van der Waals surface area contributed by atoms with Crippen LogP contribution in [-0.2, 0) is 10.0 Å². The lowest BCUT2D eigenvalue weighted by atomic mass is 9.86. The Labute approximate surface area is 163 Å². The molecule has 7 nitrogen and oxygen atoms in total. The quantitative estimate of drug-likeness (QED) is 0.260. The predicted molar refractivity (Wildman–Crippen MR) is 109 cm³/mol. The molecule has 0 aromatic heterocycles. The minimum Gasteiger partial charge on any atom is -0.370 e. The molecule has 1 aliphatic heterocycles. The molecular formula is C15H32IN5O2S. The Hall–Kier alpha value is -0.130. The van der Waals surface area contributed by atoms with Gasteiger partial charge in [-0.15, -0.1) is 24.0 Å². The molecule has 1 atom stereocenters. The van der Waals surface area contributed by atoms with Crippen LogP contribution in [0.3, 0.4) is 0 Å². The smallest absolute Gasteiger partial charge is 0.213 e. The van der Waals surface area contributed by atoms with E-state index in [0.29, 0.717) is 31.0 Å². The van der Waals surface area contributed by atoms with E-state index < -0.39 is 10.0 Å². The Morgan fingerprint density at radius 2 is 2.04 bits per heavy atom. The van der Waals surface area contributed by atoms with E-state index in [-0.39, 0.29) is 36.3 Å². The molecule has 2 aliphatic rings. The second kappa shape index (κ2) is 10.8. The molecule has 1 saturated carbocycles. The number of sulfonamides is 1. The Balaban J connectivity index is 0.00000288. The number of nitrogens with one attached hydrogen (secondary N) is 2. The molecule has 0 amide bonds. The molecular weight excluding hydrogens is 441 g/mol. The lowest BCUT2D eigenvalue weighted by Gasteiger charge is -2.25. The zero-order valence-corrected chi connectivity index (χ0v) is 17.7. The van der Waals surface area contributed by atoms with Gasteiger partial charge >= 0.3 is 0 Å². The summed E-state index contributed by atoms with van der Waals surface area (Å²) < 4.78 is 26.4. The Morgan fingerprint density at radius 3 is 2.67 bits per heavy atom. The van der Waals surface area contributed by atoms with Gasteiger partial charge in [-0.25, -0.2) is 13.1 Å².